The Labute approximate surface area is 226 Å². The van der Waals surface area contributed by atoms with E-state index in [4.69, 9.17) is 9.57 Å². The number of carbonyl (C=O) groups is 1. The third-order valence-corrected chi connectivity index (χ3v) is 6.43. The molecule has 0 bridgehead atoms. The van der Waals surface area contributed by atoms with Crippen molar-refractivity contribution in [3.05, 3.63) is 131 Å². The van der Waals surface area contributed by atoms with Crippen molar-refractivity contribution in [2.45, 2.75) is 38.4 Å². The fraction of sp³-hybridized carbons (Fsp3) is 0.219. The van der Waals surface area contributed by atoms with E-state index in [2.05, 4.69) is 5.48 Å². The predicted molar refractivity (Wildman–Crippen MR) is 144 cm³/mol. The zero-order valence-corrected chi connectivity index (χ0v) is 21.7. The maximum Gasteiger partial charge on any atom is 0.416 e. The number of ether oxygens (including phenoxy) is 1. The van der Waals surface area contributed by atoms with Crippen molar-refractivity contribution in [1.29, 1.82) is 0 Å². The van der Waals surface area contributed by atoms with E-state index in [-0.39, 0.29) is 5.75 Å². The van der Waals surface area contributed by atoms with Gasteiger partial charge in [-0.15, -0.1) is 5.48 Å². The zero-order chi connectivity index (χ0) is 27.9. The van der Waals surface area contributed by atoms with Crippen molar-refractivity contribution in [2.24, 2.45) is 5.92 Å². The molecule has 0 fully saturated rings. The summed E-state index contributed by atoms with van der Waals surface area (Å²) in [6, 6.07) is 31.4. The molecule has 1 unspecified atom stereocenters. The molecular weight excluding hydrogens is 503 g/mol. The fourth-order valence-corrected chi connectivity index (χ4v) is 4.32. The van der Waals surface area contributed by atoms with Crippen LogP contribution in [0.2, 0.25) is 0 Å². The summed E-state index contributed by atoms with van der Waals surface area (Å²) in [6.07, 6.45) is -3.49. The lowest BCUT2D eigenvalue weighted by Gasteiger charge is -2.31. The van der Waals surface area contributed by atoms with Crippen LogP contribution in [0, 0.1) is 5.92 Å². The lowest BCUT2D eigenvalue weighted by atomic mass is 9.86. The average molecular weight is 534 g/mol. The van der Waals surface area contributed by atoms with Crippen LogP contribution >= 0.6 is 0 Å². The predicted octanol–water partition coefficient (Wildman–Crippen LogP) is 7.88. The average Bonchev–Trinajstić information content (AvgIpc) is 2.93. The molecule has 0 aliphatic heterocycles. The van der Waals surface area contributed by atoms with Crippen molar-refractivity contribution in [1.82, 2.24) is 5.48 Å². The largest absolute Gasteiger partial charge is 0.457 e. The second-order valence-electron chi connectivity index (χ2n) is 9.76. The summed E-state index contributed by atoms with van der Waals surface area (Å²) in [7, 11) is 0. The number of hydrogen-bond acceptors (Lipinski definition) is 4. The molecule has 0 spiro atoms. The second-order valence-corrected chi connectivity index (χ2v) is 9.76. The van der Waals surface area contributed by atoms with E-state index in [1.54, 1.807) is 25.1 Å². The lowest BCUT2D eigenvalue weighted by molar-refractivity contribution is -0.161. The van der Waals surface area contributed by atoms with Crippen molar-refractivity contribution < 1.29 is 27.5 Å². The van der Waals surface area contributed by atoms with Crippen molar-refractivity contribution in [2.75, 3.05) is 0 Å². The minimum atomic E-state index is -4.46. The van der Waals surface area contributed by atoms with E-state index < -0.39 is 29.2 Å². The summed E-state index contributed by atoms with van der Waals surface area (Å²) in [5.74, 6) is -0.449. The van der Waals surface area contributed by atoms with Crippen molar-refractivity contribution in [3.8, 4) is 11.5 Å². The Morgan fingerprint density at radius 3 is 2.00 bits per heavy atom. The van der Waals surface area contributed by atoms with E-state index >= 15 is 0 Å². The molecule has 0 heterocycles. The Morgan fingerprint density at radius 2 is 1.33 bits per heavy atom. The minimum Gasteiger partial charge on any atom is -0.457 e. The number of carbonyl (C=O) groups excluding carboxylic acids is 1. The van der Waals surface area contributed by atoms with Gasteiger partial charge in [-0.25, -0.2) is 0 Å². The van der Waals surface area contributed by atoms with Crippen LogP contribution < -0.4 is 10.2 Å². The quantitative estimate of drug-likeness (QED) is 0.211. The highest BCUT2D eigenvalue weighted by atomic mass is 19.4. The lowest BCUT2D eigenvalue weighted by Crippen LogP contribution is -2.43. The van der Waals surface area contributed by atoms with Gasteiger partial charge in [0, 0.05) is 0 Å². The molecule has 4 aromatic carbocycles. The minimum absolute atomic E-state index is 0.0808. The first-order valence-electron chi connectivity index (χ1n) is 12.6. The first-order valence-corrected chi connectivity index (χ1v) is 12.6. The van der Waals surface area contributed by atoms with Gasteiger partial charge in [0.15, 0.2) is 0 Å². The van der Waals surface area contributed by atoms with Gasteiger partial charge >= 0.3 is 12.1 Å². The molecular formula is C32H30F3NO3. The number of hydroxylamine groups is 1. The highest BCUT2D eigenvalue weighted by Gasteiger charge is 2.31. The van der Waals surface area contributed by atoms with Crippen LogP contribution in [0.25, 0.3) is 0 Å². The fourth-order valence-electron chi connectivity index (χ4n) is 4.32. The van der Waals surface area contributed by atoms with Crippen molar-refractivity contribution in [3.63, 3.8) is 0 Å². The number of rotatable bonds is 10. The highest BCUT2D eigenvalue weighted by molar-refractivity contribution is 5.72. The topological polar surface area (TPSA) is 47.6 Å². The summed E-state index contributed by atoms with van der Waals surface area (Å²) < 4.78 is 44.7. The van der Waals surface area contributed by atoms with Gasteiger partial charge in [-0.1, -0.05) is 85.8 Å². The van der Waals surface area contributed by atoms with E-state index in [9.17, 15) is 18.0 Å². The molecule has 0 radical (unpaired) electrons. The molecule has 7 heteroatoms. The number of nitrogens with one attached hydrogen (secondary N) is 1. The Kier molecular flexibility index (Phi) is 8.72. The molecule has 202 valence electrons. The van der Waals surface area contributed by atoms with Crippen LogP contribution in [0.5, 0.6) is 11.5 Å². The smallest absolute Gasteiger partial charge is 0.416 e. The van der Waals surface area contributed by atoms with Crippen LogP contribution in [-0.2, 0) is 34.2 Å². The van der Waals surface area contributed by atoms with Gasteiger partial charge < -0.3 is 9.57 Å². The van der Waals surface area contributed by atoms with Gasteiger partial charge in [0.05, 0.1) is 17.0 Å². The molecule has 4 rings (SSSR count). The summed E-state index contributed by atoms with van der Waals surface area (Å²) in [5.41, 5.74) is 4.45. The Morgan fingerprint density at radius 1 is 0.769 bits per heavy atom. The Bertz CT molecular complexity index is 1380. The maximum absolute atomic E-state index is 13.0. The van der Waals surface area contributed by atoms with Gasteiger partial charge in [-0.2, -0.15) is 13.2 Å². The van der Waals surface area contributed by atoms with Gasteiger partial charge in [0.1, 0.15) is 11.5 Å². The van der Waals surface area contributed by atoms with Gasteiger partial charge in [0.25, 0.3) is 0 Å². The Hall–Kier alpha value is -4.10. The zero-order valence-electron chi connectivity index (χ0n) is 21.7. The molecule has 4 nitrogen and oxygen atoms in total. The summed E-state index contributed by atoms with van der Waals surface area (Å²) in [4.78, 5) is 18.6. The number of halogens is 3. The molecule has 0 aromatic heterocycles. The third-order valence-electron chi connectivity index (χ3n) is 6.43. The number of alkyl halides is 3. The molecule has 0 aliphatic rings. The third kappa shape index (κ3) is 7.71. The summed E-state index contributed by atoms with van der Waals surface area (Å²) in [5, 5.41) is 0. The van der Waals surface area contributed by atoms with E-state index in [0.717, 1.165) is 28.8 Å². The molecule has 0 saturated heterocycles. The monoisotopic (exact) mass is 533 g/mol. The summed E-state index contributed by atoms with van der Waals surface area (Å²) >= 11 is 0. The van der Waals surface area contributed by atoms with Gasteiger partial charge in [0.2, 0.25) is 0 Å². The standard InChI is InChI=1S/C32H30F3NO3/c1-23(19-25-13-9-17-28(20-25)38-29-18-10-16-27(21-29)32(33,34)35)30(37)39-36-31(2,26-14-7-4-8-15-26)22-24-11-5-3-6-12-24/h3-18,20-21,23,36H,19,22H2,1-2H3/t23?,31-/m1/s1. The van der Waals surface area contributed by atoms with Gasteiger partial charge in [-0.3, -0.25) is 4.79 Å². The first kappa shape index (κ1) is 27.9. The SMILES string of the molecule is CC(Cc1cccc(Oc2cccc(C(F)(F)F)c2)c1)C(=O)ON[C@](C)(Cc1ccccc1)c1ccccc1. The van der Waals surface area contributed by atoms with Gasteiger partial charge in [-0.05, 0) is 66.8 Å². The molecule has 2 atom stereocenters. The van der Waals surface area contributed by atoms with Crippen LogP contribution in [-0.4, -0.2) is 5.97 Å². The van der Waals surface area contributed by atoms with Crippen LogP contribution in [0.1, 0.15) is 36.1 Å². The highest BCUT2D eigenvalue weighted by Crippen LogP contribution is 2.33. The van der Waals surface area contributed by atoms with Crippen molar-refractivity contribution >= 4 is 5.97 Å². The second kappa shape index (κ2) is 12.2. The van der Waals surface area contributed by atoms with E-state index in [1.165, 1.54) is 12.1 Å². The molecule has 1 N–H and O–H groups in total. The normalized spacial score (nSPS) is 13.8. The number of hydrogen-bond donors (Lipinski definition) is 1. The van der Waals surface area contributed by atoms with Crippen LogP contribution in [0.15, 0.2) is 109 Å². The van der Waals surface area contributed by atoms with Crippen LogP contribution in [0.3, 0.4) is 0 Å². The van der Waals surface area contributed by atoms with Crippen LogP contribution in [0.4, 0.5) is 13.2 Å². The van der Waals surface area contributed by atoms with E-state index in [0.29, 0.717) is 18.6 Å². The molecule has 39 heavy (non-hydrogen) atoms. The molecule has 0 aliphatic carbocycles. The Balaban J connectivity index is 1.40. The first-order chi connectivity index (χ1) is 18.6. The molecule has 0 amide bonds. The summed E-state index contributed by atoms with van der Waals surface area (Å²) in [6.45, 7) is 3.75. The molecule has 0 saturated carbocycles. The maximum atomic E-state index is 13.0. The van der Waals surface area contributed by atoms with E-state index in [1.807, 2.05) is 73.7 Å². The number of benzene rings is 4. The molecule has 4 aromatic rings.